The molecule has 0 aromatic carbocycles. The summed E-state index contributed by atoms with van der Waals surface area (Å²) in [6.45, 7) is 1.86. The number of aryl methyl sites for hydroxylation is 1. The molecule has 2 heterocycles. The van der Waals surface area contributed by atoms with Gasteiger partial charge in [-0.2, -0.15) is 4.98 Å². The second kappa shape index (κ2) is 4.00. The fourth-order valence-electron chi connectivity index (χ4n) is 1.81. The lowest BCUT2D eigenvalue weighted by molar-refractivity contribution is -0.141. The monoisotopic (exact) mass is 236 g/mol. The Morgan fingerprint density at radius 1 is 1.59 bits per heavy atom. The molecule has 3 N–H and O–H groups in total. The Morgan fingerprint density at radius 2 is 2.29 bits per heavy atom. The Morgan fingerprint density at radius 3 is 2.82 bits per heavy atom. The number of aromatic nitrogens is 2. The molecule has 1 atom stereocenters. The van der Waals surface area contributed by atoms with Gasteiger partial charge in [0.2, 0.25) is 11.9 Å². The molecule has 90 valence electrons. The van der Waals surface area contributed by atoms with E-state index in [0.717, 1.165) is 0 Å². The van der Waals surface area contributed by atoms with Crippen LogP contribution in [0.1, 0.15) is 12.1 Å². The number of hydrogen-bond acceptors (Lipinski definition) is 5. The zero-order valence-corrected chi connectivity index (χ0v) is 9.25. The van der Waals surface area contributed by atoms with Crippen LogP contribution in [0.15, 0.2) is 6.07 Å². The highest BCUT2D eigenvalue weighted by molar-refractivity contribution is 5.98. The van der Waals surface area contributed by atoms with Gasteiger partial charge in [-0.05, 0) is 6.92 Å². The van der Waals surface area contributed by atoms with Gasteiger partial charge in [0, 0.05) is 24.7 Å². The number of anilines is 2. The van der Waals surface area contributed by atoms with Crippen LogP contribution in [0.5, 0.6) is 0 Å². The molecular weight excluding hydrogens is 224 g/mol. The van der Waals surface area contributed by atoms with Gasteiger partial charge in [0.05, 0.1) is 5.92 Å². The summed E-state index contributed by atoms with van der Waals surface area (Å²) in [4.78, 5) is 31.7. The highest BCUT2D eigenvalue weighted by Gasteiger charge is 2.35. The van der Waals surface area contributed by atoms with E-state index in [4.69, 9.17) is 10.8 Å². The molecule has 1 unspecified atom stereocenters. The van der Waals surface area contributed by atoms with Crippen molar-refractivity contribution in [1.82, 2.24) is 9.97 Å². The van der Waals surface area contributed by atoms with Crippen molar-refractivity contribution in [1.29, 1.82) is 0 Å². The first-order valence-electron chi connectivity index (χ1n) is 5.11. The van der Waals surface area contributed by atoms with Crippen molar-refractivity contribution in [2.24, 2.45) is 5.92 Å². The minimum Gasteiger partial charge on any atom is -0.481 e. The van der Waals surface area contributed by atoms with Crippen molar-refractivity contribution in [3.63, 3.8) is 0 Å². The molecule has 1 fully saturated rings. The quantitative estimate of drug-likeness (QED) is 0.736. The van der Waals surface area contributed by atoms with Crippen LogP contribution < -0.4 is 10.6 Å². The predicted molar refractivity (Wildman–Crippen MR) is 59.3 cm³/mol. The highest BCUT2D eigenvalue weighted by Crippen LogP contribution is 2.24. The fraction of sp³-hybridized carbons (Fsp3) is 0.400. The summed E-state index contributed by atoms with van der Waals surface area (Å²) < 4.78 is 0. The van der Waals surface area contributed by atoms with Crippen LogP contribution in [0.25, 0.3) is 0 Å². The normalized spacial score (nSPS) is 19.7. The third-order valence-electron chi connectivity index (χ3n) is 2.61. The van der Waals surface area contributed by atoms with Crippen LogP contribution in [0.4, 0.5) is 11.8 Å². The molecule has 17 heavy (non-hydrogen) atoms. The summed E-state index contributed by atoms with van der Waals surface area (Å²) in [5, 5.41) is 8.87. The Kier molecular flexibility index (Phi) is 2.66. The molecule has 1 saturated heterocycles. The Bertz CT molecular complexity index is 468. The minimum absolute atomic E-state index is 0.00170. The second-order valence-corrected chi connectivity index (χ2v) is 3.97. The van der Waals surface area contributed by atoms with E-state index >= 15 is 0 Å². The van der Waals surface area contributed by atoms with Crippen LogP contribution >= 0.6 is 0 Å². The zero-order chi connectivity index (χ0) is 12.6. The molecule has 0 spiro atoms. The maximum absolute atomic E-state index is 11.7. The SMILES string of the molecule is Cc1cc(N2CC(C(=O)O)CC2=O)nc(N)n1. The van der Waals surface area contributed by atoms with Crippen LogP contribution in [0.2, 0.25) is 0 Å². The van der Waals surface area contributed by atoms with Gasteiger partial charge in [0.15, 0.2) is 0 Å². The van der Waals surface area contributed by atoms with Gasteiger partial charge < -0.3 is 10.8 Å². The molecule has 1 aliphatic heterocycles. The van der Waals surface area contributed by atoms with Crippen LogP contribution in [0, 0.1) is 12.8 Å². The molecule has 0 saturated carbocycles. The number of nitrogen functional groups attached to an aromatic ring is 1. The van der Waals surface area contributed by atoms with Crippen molar-refractivity contribution in [2.75, 3.05) is 17.2 Å². The number of carboxylic acid groups (broad SMARTS) is 1. The third kappa shape index (κ3) is 2.17. The smallest absolute Gasteiger partial charge is 0.308 e. The number of aliphatic carboxylic acids is 1. The van der Waals surface area contributed by atoms with Gasteiger partial charge >= 0.3 is 5.97 Å². The molecule has 0 aliphatic carbocycles. The van der Waals surface area contributed by atoms with Crippen LogP contribution in [-0.4, -0.2) is 33.5 Å². The first-order chi connectivity index (χ1) is 7.97. The molecule has 2 rings (SSSR count). The number of rotatable bonds is 2. The largest absolute Gasteiger partial charge is 0.481 e. The lowest BCUT2D eigenvalue weighted by Crippen LogP contribution is -2.27. The summed E-state index contributed by atoms with van der Waals surface area (Å²) in [6, 6.07) is 1.61. The number of carbonyl (C=O) groups is 2. The number of nitrogens with two attached hydrogens (primary N) is 1. The van der Waals surface area contributed by atoms with E-state index in [2.05, 4.69) is 9.97 Å². The average molecular weight is 236 g/mol. The Hall–Kier alpha value is -2.18. The molecule has 1 aliphatic rings. The van der Waals surface area contributed by atoms with Crippen molar-refractivity contribution in [3.8, 4) is 0 Å². The van der Waals surface area contributed by atoms with Crippen molar-refractivity contribution in [3.05, 3.63) is 11.8 Å². The molecule has 1 aromatic heterocycles. The van der Waals surface area contributed by atoms with Gasteiger partial charge in [0.25, 0.3) is 0 Å². The van der Waals surface area contributed by atoms with Crippen molar-refractivity contribution >= 4 is 23.6 Å². The van der Waals surface area contributed by atoms with Crippen molar-refractivity contribution in [2.45, 2.75) is 13.3 Å². The van der Waals surface area contributed by atoms with Gasteiger partial charge in [0.1, 0.15) is 5.82 Å². The molecular formula is C10H12N4O3. The maximum Gasteiger partial charge on any atom is 0.308 e. The highest BCUT2D eigenvalue weighted by atomic mass is 16.4. The van der Waals surface area contributed by atoms with Gasteiger partial charge in [-0.3, -0.25) is 14.5 Å². The maximum atomic E-state index is 11.7. The first-order valence-corrected chi connectivity index (χ1v) is 5.11. The molecule has 7 heteroatoms. The molecule has 7 nitrogen and oxygen atoms in total. The number of nitrogens with zero attached hydrogens (tertiary/aromatic N) is 3. The fourth-order valence-corrected chi connectivity index (χ4v) is 1.81. The van der Waals surface area contributed by atoms with E-state index < -0.39 is 11.9 Å². The standard InChI is InChI=1S/C10H12N4O3/c1-5-2-7(13-10(11)12-5)14-4-6(9(16)17)3-8(14)15/h2,6H,3-4H2,1H3,(H,16,17)(H2,11,12,13). The molecule has 1 amide bonds. The lowest BCUT2D eigenvalue weighted by Gasteiger charge is -2.15. The Labute approximate surface area is 97.3 Å². The van der Waals surface area contributed by atoms with E-state index in [1.54, 1.807) is 13.0 Å². The first kappa shape index (κ1) is 11.3. The van der Waals surface area contributed by atoms with Gasteiger partial charge in [-0.1, -0.05) is 0 Å². The topological polar surface area (TPSA) is 109 Å². The van der Waals surface area contributed by atoms with E-state index in [1.807, 2.05) is 0 Å². The van der Waals surface area contributed by atoms with Crippen LogP contribution in [0.3, 0.4) is 0 Å². The number of amides is 1. The minimum atomic E-state index is -0.973. The Balaban J connectivity index is 2.28. The number of carboxylic acids is 1. The van der Waals surface area contributed by atoms with Gasteiger partial charge in [-0.25, -0.2) is 4.98 Å². The number of hydrogen-bond donors (Lipinski definition) is 2. The third-order valence-corrected chi connectivity index (χ3v) is 2.61. The van der Waals surface area contributed by atoms with Gasteiger partial charge in [-0.15, -0.1) is 0 Å². The second-order valence-electron chi connectivity index (χ2n) is 3.97. The molecule has 1 aromatic rings. The van der Waals surface area contributed by atoms with E-state index in [9.17, 15) is 9.59 Å². The van der Waals surface area contributed by atoms with Crippen LogP contribution in [-0.2, 0) is 9.59 Å². The predicted octanol–water partition coefficient (Wildman–Crippen LogP) is -0.195. The van der Waals surface area contributed by atoms with E-state index in [0.29, 0.717) is 11.5 Å². The summed E-state index contributed by atoms with van der Waals surface area (Å²) in [6.07, 6.45) is -0.00170. The summed E-state index contributed by atoms with van der Waals surface area (Å²) in [7, 11) is 0. The molecule has 0 radical (unpaired) electrons. The molecule has 0 bridgehead atoms. The lowest BCUT2D eigenvalue weighted by atomic mass is 10.1. The summed E-state index contributed by atoms with van der Waals surface area (Å²) in [5.41, 5.74) is 6.13. The van der Waals surface area contributed by atoms with Crippen molar-refractivity contribution < 1.29 is 14.7 Å². The summed E-state index contributed by atoms with van der Waals surface area (Å²) in [5.74, 6) is -1.47. The number of carbonyl (C=O) groups excluding carboxylic acids is 1. The van der Waals surface area contributed by atoms with E-state index in [1.165, 1.54) is 4.90 Å². The summed E-state index contributed by atoms with van der Waals surface area (Å²) >= 11 is 0. The average Bonchev–Trinajstić information content (AvgIpc) is 2.59. The zero-order valence-electron chi connectivity index (χ0n) is 9.25. The van der Waals surface area contributed by atoms with E-state index in [-0.39, 0.29) is 24.8 Å².